The molecule has 1 saturated heterocycles. The summed E-state index contributed by atoms with van der Waals surface area (Å²) in [6.45, 7) is 0.928. The predicted molar refractivity (Wildman–Crippen MR) is 63.3 cm³/mol. The Morgan fingerprint density at radius 2 is 2.06 bits per heavy atom. The smallest absolute Gasteiger partial charge is 0.351 e. The van der Waals surface area contributed by atoms with E-state index in [1.807, 2.05) is 6.07 Å². The highest BCUT2D eigenvalue weighted by atomic mass is 19.4. The number of halogens is 3. The van der Waals surface area contributed by atoms with Crippen molar-refractivity contribution in [3.63, 3.8) is 0 Å². The Labute approximate surface area is 102 Å². The summed E-state index contributed by atoms with van der Waals surface area (Å²) in [5, 5.41) is 3.99. The number of benzene rings is 1. The number of fused-ring (bicyclic) bond motifs is 1. The molecule has 1 aromatic heterocycles. The molecule has 2 aromatic rings. The number of hydrogen-bond donors (Lipinski definition) is 2. The van der Waals surface area contributed by atoms with Gasteiger partial charge in [-0.3, -0.25) is 0 Å². The van der Waals surface area contributed by atoms with Crippen LogP contribution in [0.5, 0.6) is 0 Å². The lowest BCUT2D eigenvalue weighted by atomic mass is 10.0. The molecule has 1 atom stereocenters. The Morgan fingerprint density at radius 1 is 1.22 bits per heavy atom. The minimum absolute atomic E-state index is 0.172. The maximum atomic E-state index is 12.7. The van der Waals surface area contributed by atoms with Crippen molar-refractivity contribution in [1.82, 2.24) is 10.3 Å². The van der Waals surface area contributed by atoms with Crippen LogP contribution in [-0.4, -0.2) is 11.5 Å². The Kier molecular flexibility index (Phi) is 2.59. The highest BCUT2D eigenvalue weighted by molar-refractivity contribution is 5.84. The standard InChI is InChI=1S/C13H13F3N2/c14-13(15,16)12-7-9-8(10-5-2-6-17-10)3-1-4-11(9)18-12/h1,3-4,7,10,17-18H,2,5-6H2. The number of H-pyrrole nitrogens is 1. The van der Waals surface area contributed by atoms with Gasteiger partial charge >= 0.3 is 6.18 Å². The van der Waals surface area contributed by atoms with E-state index in [0.29, 0.717) is 10.9 Å². The predicted octanol–water partition coefficient (Wildman–Crippen LogP) is 3.61. The zero-order chi connectivity index (χ0) is 12.8. The van der Waals surface area contributed by atoms with Crippen LogP contribution in [0.1, 0.15) is 30.1 Å². The third kappa shape index (κ3) is 1.88. The molecule has 1 aromatic carbocycles. The molecule has 1 unspecified atom stereocenters. The van der Waals surface area contributed by atoms with E-state index in [9.17, 15) is 13.2 Å². The van der Waals surface area contributed by atoms with E-state index in [1.165, 1.54) is 6.07 Å². The fourth-order valence-corrected chi connectivity index (χ4v) is 2.59. The largest absolute Gasteiger partial charge is 0.431 e. The van der Waals surface area contributed by atoms with Crippen LogP contribution >= 0.6 is 0 Å². The van der Waals surface area contributed by atoms with Gasteiger partial charge in [0.15, 0.2) is 0 Å². The molecule has 3 rings (SSSR count). The van der Waals surface area contributed by atoms with Gasteiger partial charge in [-0.25, -0.2) is 0 Å². The van der Waals surface area contributed by atoms with Crippen LogP contribution in [0.25, 0.3) is 10.9 Å². The molecule has 0 amide bonds. The lowest BCUT2D eigenvalue weighted by Crippen LogP contribution is -2.12. The van der Waals surface area contributed by atoms with Gasteiger partial charge in [0.1, 0.15) is 5.69 Å². The van der Waals surface area contributed by atoms with E-state index in [4.69, 9.17) is 0 Å². The molecule has 0 radical (unpaired) electrons. The molecular formula is C13H13F3N2. The van der Waals surface area contributed by atoms with Crippen molar-refractivity contribution < 1.29 is 13.2 Å². The number of alkyl halides is 3. The zero-order valence-electron chi connectivity index (χ0n) is 9.64. The van der Waals surface area contributed by atoms with Gasteiger partial charge < -0.3 is 10.3 Å². The fourth-order valence-electron chi connectivity index (χ4n) is 2.59. The van der Waals surface area contributed by atoms with Crippen molar-refractivity contribution in [2.75, 3.05) is 6.54 Å². The van der Waals surface area contributed by atoms with Crippen LogP contribution < -0.4 is 5.32 Å². The van der Waals surface area contributed by atoms with Crippen LogP contribution in [0.4, 0.5) is 13.2 Å². The lowest BCUT2D eigenvalue weighted by molar-refractivity contribution is -0.140. The van der Waals surface area contributed by atoms with Gasteiger partial charge in [-0.1, -0.05) is 12.1 Å². The first-order valence-electron chi connectivity index (χ1n) is 5.98. The van der Waals surface area contributed by atoms with E-state index in [-0.39, 0.29) is 6.04 Å². The summed E-state index contributed by atoms with van der Waals surface area (Å²) in [5.74, 6) is 0. The second-order valence-corrected chi connectivity index (χ2v) is 4.64. The van der Waals surface area contributed by atoms with Crippen molar-refractivity contribution in [2.24, 2.45) is 0 Å². The number of nitrogens with one attached hydrogen (secondary N) is 2. The molecule has 1 aliphatic rings. The molecule has 5 heteroatoms. The van der Waals surface area contributed by atoms with Gasteiger partial charge in [0.25, 0.3) is 0 Å². The number of aromatic amines is 1. The second-order valence-electron chi connectivity index (χ2n) is 4.64. The maximum absolute atomic E-state index is 12.7. The molecule has 0 saturated carbocycles. The van der Waals surface area contributed by atoms with E-state index >= 15 is 0 Å². The van der Waals surface area contributed by atoms with Crippen molar-refractivity contribution in [3.8, 4) is 0 Å². The average Bonchev–Trinajstić information content (AvgIpc) is 2.96. The van der Waals surface area contributed by atoms with E-state index in [0.717, 1.165) is 24.9 Å². The van der Waals surface area contributed by atoms with Gasteiger partial charge in [-0.15, -0.1) is 0 Å². The molecule has 0 bridgehead atoms. The quantitative estimate of drug-likeness (QED) is 0.799. The van der Waals surface area contributed by atoms with Gasteiger partial charge in [0, 0.05) is 16.9 Å². The molecule has 96 valence electrons. The number of hydrogen-bond acceptors (Lipinski definition) is 1. The van der Waals surface area contributed by atoms with Gasteiger partial charge in [0.2, 0.25) is 0 Å². The van der Waals surface area contributed by atoms with E-state index < -0.39 is 11.9 Å². The molecule has 1 fully saturated rings. The summed E-state index contributed by atoms with van der Waals surface area (Å²) in [6, 6.07) is 6.77. The second kappa shape index (κ2) is 4.02. The summed E-state index contributed by atoms with van der Waals surface area (Å²) in [4.78, 5) is 2.45. The summed E-state index contributed by atoms with van der Waals surface area (Å²) in [5.41, 5.74) is 0.827. The average molecular weight is 254 g/mol. The first kappa shape index (κ1) is 11.6. The molecule has 2 heterocycles. The molecule has 0 spiro atoms. The normalized spacial score (nSPS) is 20.7. The third-order valence-electron chi connectivity index (χ3n) is 3.44. The SMILES string of the molecule is FC(F)(F)c1cc2c(C3CCCN3)cccc2[nH]1. The Hall–Kier alpha value is -1.49. The summed E-state index contributed by atoms with van der Waals surface area (Å²) in [7, 11) is 0. The third-order valence-corrected chi connectivity index (χ3v) is 3.44. The minimum atomic E-state index is -4.32. The van der Waals surface area contributed by atoms with Crippen LogP contribution in [0.3, 0.4) is 0 Å². The summed E-state index contributed by atoms with van der Waals surface area (Å²) < 4.78 is 38.1. The lowest BCUT2D eigenvalue weighted by Gasteiger charge is -2.11. The van der Waals surface area contributed by atoms with Crippen molar-refractivity contribution in [2.45, 2.75) is 25.1 Å². The Morgan fingerprint density at radius 3 is 2.72 bits per heavy atom. The highest BCUT2D eigenvalue weighted by Crippen LogP contribution is 2.35. The van der Waals surface area contributed by atoms with Crippen LogP contribution in [-0.2, 0) is 6.18 Å². The van der Waals surface area contributed by atoms with Crippen molar-refractivity contribution in [1.29, 1.82) is 0 Å². The monoisotopic (exact) mass is 254 g/mol. The fraction of sp³-hybridized carbons (Fsp3) is 0.385. The summed E-state index contributed by atoms with van der Waals surface area (Å²) in [6.07, 6.45) is -2.28. The van der Waals surface area contributed by atoms with Gasteiger partial charge in [-0.05, 0) is 37.1 Å². The molecule has 0 aliphatic carbocycles. The first-order chi connectivity index (χ1) is 8.55. The van der Waals surface area contributed by atoms with Gasteiger partial charge in [0.05, 0.1) is 0 Å². The van der Waals surface area contributed by atoms with E-state index in [2.05, 4.69) is 10.3 Å². The summed E-state index contributed by atoms with van der Waals surface area (Å²) >= 11 is 0. The van der Waals surface area contributed by atoms with Gasteiger partial charge in [-0.2, -0.15) is 13.2 Å². The van der Waals surface area contributed by atoms with Crippen molar-refractivity contribution >= 4 is 10.9 Å². The van der Waals surface area contributed by atoms with Crippen LogP contribution in [0, 0.1) is 0 Å². The molecule has 2 N–H and O–H groups in total. The molecule has 1 aliphatic heterocycles. The molecular weight excluding hydrogens is 241 g/mol. The molecule has 18 heavy (non-hydrogen) atoms. The zero-order valence-corrected chi connectivity index (χ0v) is 9.64. The topological polar surface area (TPSA) is 27.8 Å². The Bertz CT molecular complexity index is 565. The van der Waals surface area contributed by atoms with Crippen LogP contribution in [0.2, 0.25) is 0 Å². The van der Waals surface area contributed by atoms with Crippen molar-refractivity contribution in [3.05, 3.63) is 35.5 Å². The minimum Gasteiger partial charge on any atom is -0.351 e. The number of rotatable bonds is 1. The first-order valence-corrected chi connectivity index (χ1v) is 5.98. The highest BCUT2D eigenvalue weighted by Gasteiger charge is 2.33. The Balaban J connectivity index is 2.12. The maximum Gasteiger partial charge on any atom is 0.431 e. The number of aromatic nitrogens is 1. The van der Waals surface area contributed by atoms with E-state index in [1.54, 1.807) is 12.1 Å². The van der Waals surface area contributed by atoms with Crippen LogP contribution in [0.15, 0.2) is 24.3 Å². The molecule has 2 nitrogen and oxygen atoms in total.